The molecule has 2 atom stereocenters. The zero-order chi connectivity index (χ0) is 15.2. The Labute approximate surface area is 126 Å². The molecule has 4 heteroatoms. The van der Waals surface area contributed by atoms with E-state index in [1.807, 2.05) is 30.0 Å². The van der Waals surface area contributed by atoms with Gasteiger partial charge in [0.1, 0.15) is 0 Å². The summed E-state index contributed by atoms with van der Waals surface area (Å²) < 4.78 is 0. The largest absolute Gasteiger partial charge is 0.369 e. The van der Waals surface area contributed by atoms with Crippen molar-refractivity contribution in [2.75, 3.05) is 6.54 Å². The maximum Gasteiger partial charge on any atom is 0.222 e. The van der Waals surface area contributed by atoms with Crippen LogP contribution in [0.15, 0.2) is 30.3 Å². The van der Waals surface area contributed by atoms with E-state index in [1.54, 1.807) is 0 Å². The van der Waals surface area contributed by atoms with Crippen molar-refractivity contribution >= 4 is 11.8 Å². The van der Waals surface area contributed by atoms with Crippen molar-refractivity contribution in [3.05, 3.63) is 35.9 Å². The molecule has 21 heavy (non-hydrogen) atoms. The molecule has 1 aliphatic rings. The Bertz CT molecular complexity index is 487. The lowest BCUT2D eigenvalue weighted by Gasteiger charge is -2.37. The quantitative estimate of drug-likeness (QED) is 0.902. The van der Waals surface area contributed by atoms with Gasteiger partial charge in [-0.15, -0.1) is 0 Å². The molecule has 114 valence electrons. The number of hydrogen-bond donors (Lipinski definition) is 1. The number of amides is 2. The molecule has 1 heterocycles. The molecule has 0 aliphatic carbocycles. The summed E-state index contributed by atoms with van der Waals surface area (Å²) in [5.41, 5.74) is 6.63. The number of nitrogens with two attached hydrogens (primary N) is 1. The van der Waals surface area contributed by atoms with Crippen LogP contribution >= 0.6 is 0 Å². The Balaban J connectivity index is 1.82. The predicted molar refractivity (Wildman–Crippen MR) is 82.5 cm³/mol. The number of hydrogen-bond acceptors (Lipinski definition) is 2. The Morgan fingerprint density at radius 2 is 1.95 bits per heavy atom. The van der Waals surface area contributed by atoms with Gasteiger partial charge in [-0.2, -0.15) is 0 Å². The number of likely N-dealkylation sites (tertiary alicyclic amines) is 1. The van der Waals surface area contributed by atoms with Gasteiger partial charge in [0.25, 0.3) is 0 Å². The molecule has 4 nitrogen and oxygen atoms in total. The van der Waals surface area contributed by atoms with Crippen LogP contribution in [0, 0.1) is 5.92 Å². The van der Waals surface area contributed by atoms with Crippen molar-refractivity contribution < 1.29 is 9.59 Å². The first-order valence-corrected chi connectivity index (χ1v) is 7.70. The number of aryl methyl sites for hydroxylation is 1. The van der Waals surface area contributed by atoms with Crippen LogP contribution in [0.25, 0.3) is 0 Å². The summed E-state index contributed by atoms with van der Waals surface area (Å²) in [5.74, 6) is -0.326. The lowest BCUT2D eigenvalue weighted by Crippen LogP contribution is -2.48. The monoisotopic (exact) mass is 288 g/mol. The topological polar surface area (TPSA) is 63.4 Å². The Morgan fingerprint density at radius 3 is 2.62 bits per heavy atom. The second-order valence-corrected chi connectivity index (χ2v) is 5.91. The van der Waals surface area contributed by atoms with Gasteiger partial charge in [-0.3, -0.25) is 9.59 Å². The highest BCUT2D eigenvalue weighted by Crippen LogP contribution is 2.22. The Morgan fingerprint density at radius 1 is 1.24 bits per heavy atom. The fourth-order valence-electron chi connectivity index (χ4n) is 2.92. The van der Waals surface area contributed by atoms with Crippen LogP contribution in [0.5, 0.6) is 0 Å². The molecule has 0 spiro atoms. The summed E-state index contributed by atoms with van der Waals surface area (Å²) in [6.45, 7) is 2.53. The molecule has 0 aromatic heterocycles. The average molecular weight is 288 g/mol. The van der Waals surface area contributed by atoms with Gasteiger partial charge in [-0.1, -0.05) is 30.3 Å². The second-order valence-electron chi connectivity index (χ2n) is 5.91. The summed E-state index contributed by atoms with van der Waals surface area (Å²) in [6.07, 6.45) is 3.94. The summed E-state index contributed by atoms with van der Waals surface area (Å²) in [5, 5.41) is 0. The maximum atomic E-state index is 12.3. The van der Waals surface area contributed by atoms with Crippen LogP contribution in [0.2, 0.25) is 0 Å². The smallest absolute Gasteiger partial charge is 0.222 e. The molecule has 2 N–H and O–H groups in total. The van der Waals surface area contributed by atoms with E-state index in [2.05, 4.69) is 12.1 Å². The lowest BCUT2D eigenvalue weighted by molar-refractivity contribution is -0.137. The summed E-state index contributed by atoms with van der Waals surface area (Å²) >= 11 is 0. The lowest BCUT2D eigenvalue weighted by atomic mass is 9.92. The molecule has 1 aromatic rings. The SMILES string of the molecule is C[C@@H]1CC[C@H](C(N)=O)CN1C(=O)CCCc1ccccc1. The van der Waals surface area contributed by atoms with E-state index in [9.17, 15) is 9.59 Å². The summed E-state index contributed by atoms with van der Waals surface area (Å²) in [7, 11) is 0. The normalized spacial score (nSPS) is 22.0. The highest BCUT2D eigenvalue weighted by molar-refractivity contribution is 5.80. The molecular formula is C17H24N2O2. The van der Waals surface area contributed by atoms with Crippen LogP contribution in [0.1, 0.15) is 38.2 Å². The van der Waals surface area contributed by atoms with Gasteiger partial charge in [0.15, 0.2) is 0 Å². The van der Waals surface area contributed by atoms with E-state index < -0.39 is 0 Å². The van der Waals surface area contributed by atoms with Gasteiger partial charge < -0.3 is 10.6 Å². The third-order valence-electron chi connectivity index (χ3n) is 4.30. The molecule has 1 fully saturated rings. The van der Waals surface area contributed by atoms with E-state index in [0.717, 1.165) is 25.7 Å². The zero-order valence-electron chi connectivity index (χ0n) is 12.6. The van der Waals surface area contributed by atoms with Crippen molar-refractivity contribution in [2.24, 2.45) is 11.7 Å². The van der Waals surface area contributed by atoms with Crippen LogP contribution in [-0.2, 0) is 16.0 Å². The first kappa shape index (κ1) is 15.5. The number of carbonyl (C=O) groups is 2. The van der Waals surface area contributed by atoms with Crippen LogP contribution < -0.4 is 5.73 Å². The summed E-state index contributed by atoms with van der Waals surface area (Å²) in [6, 6.07) is 10.4. The third kappa shape index (κ3) is 4.31. The zero-order valence-corrected chi connectivity index (χ0v) is 12.6. The van der Waals surface area contributed by atoms with E-state index in [0.29, 0.717) is 13.0 Å². The van der Waals surface area contributed by atoms with Crippen molar-refractivity contribution in [2.45, 2.75) is 45.1 Å². The number of rotatable bonds is 5. The third-order valence-corrected chi connectivity index (χ3v) is 4.30. The molecular weight excluding hydrogens is 264 g/mol. The van der Waals surface area contributed by atoms with E-state index >= 15 is 0 Å². The second kappa shape index (κ2) is 7.25. The van der Waals surface area contributed by atoms with Gasteiger partial charge in [-0.05, 0) is 38.2 Å². The van der Waals surface area contributed by atoms with Crippen molar-refractivity contribution in [3.8, 4) is 0 Å². The molecule has 1 aliphatic heterocycles. The average Bonchev–Trinajstić information content (AvgIpc) is 2.48. The highest BCUT2D eigenvalue weighted by atomic mass is 16.2. The predicted octanol–water partition coefficient (Wildman–Crippen LogP) is 2.12. The van der Waals surface area contributed by atoms with Gasteiger partial charge in [0, 0.05) is 19.0 Å². The standard InChI is InChI=1S/C17H24N2O2/c1-13-10-11-15(17(18)21)12-19(13)16(20)9-5-8-14-6-3-2-4-7-14/h2-4,6-7,13,15H,5,8-12H2,1H3,(H2,18,21)/t13-,15+/m1/s1. The minimum atomic E-state index is -0.288. The molecule has 1 saturated heterocycles. The van der Waals surface area contributed by atoms with Gasteiger partial charge in [0.05, 0.1) is 5.92 Å². The highest BCUT2D eigenvalue weighted by Gasteiger charge is 2.31. The molecule has 1 aromatic carbocycles. The van der Waals surface area contributed by atoms with Gasteiger partial charge >= 0.3 is 0 Å². The van der Waals surface area contributed by atoms with Crippen molar-refractivity contribution in [1.82, 2.24) is 4.90 Å². The minimum Gasteiger partial charge on any atom is -0.369 e. The van der Waals surface area contributed by atoms with Crippen LogP contribution in [0.4, 0.5) is 0 Å². The first-order valence-electron chi connectivity index (χ1n) is 7.70. The van der Waals surface area contributed by atoms with Crippen molar-refractivity contribution in [1.29, 1.82) is 0 Å². The Kier molecular flexibility index (Phi) is 5.37. The number of nitrogens with zero attached hydrogens (tertiary/aromatic N) is 1. The molecule has 2 amide bonds. The Hall–Kier alpha value is -1.84. The summed E-state index contributed by atoms with van der Waals surface area (Å²) in [4.78, 5) is 25.5. The number of carbonyl (C=O) groups excluding carboxylic acids is 2. The number of benzene rings is 1. The molecule has 0 unspecified atom stereocenters. The van der Waals surface area contributed by atoms with Gasteiger partial charge in [0.2, 0.25) is 11.8 Å². The minimum absolute atomic E-state index is 0.143. The fourth-order valence-corrected chi connectivity index (χ4v) is 2.92. The number of piperidine rings is 1. The molecule has 0 radical (unpaired) electrons. The maximum absolute atomic E-state index is 12.3. The van der Waals surface area contributed by atoms with Crippen molar-refractivity contribution in [3.63, 3.8) is 0 Å². The number of primary amides is 1. The van der Waals surface area contributed by atoms with Gasteiger partial charge in [-0.25, -0.2) is 0 Å². The molecule has 0 saturated carbocycles. The molecule has 2 rings (SSSR count). The van der Waals surface area contributed by atoms with E-state index in [1.165, 1.54) is 5.56 Å². The van der Waals surface area contributed by atoms with E-state index in [-0.39, 0.29) is 23.8 Å². The van der Waals surface area contributed by atoms with Crippen LogP contribution in [-0.4, -0.2) is 29.3 Å². The first-order chi connectivity index (χ1) is 10.1. The fraction of sp³-hybridized carbons (Fsp3) is 0.529. The van der Waals surface area contributed by atoms with E-state index in [4.69, 9.17) is 5.73 Å². The van der Waals surface area contributed by atoms with Crippen LogP contribution in [0.3, 0.4) is 0 Å². The molecule has 0 bridgehead atoms.